The van der Waals surface area contributed by atoms with E-state index in [2.05, 4.69) is 78.9 Å². The molecule has 2 heteroatoms. The van der Waals surface area contributed by atoms with E-state index in [1.165, 1.54) is 22.4 Å². The van der Waals surface area contributed by atoms with Crippen LogP contribution in [0, 0.1) is 5.41 Å². The molecule has 0 saturated heterocycles. The highest BCUT2D eigenvalue weighted by Gasteiger charge is 2.14. The Bertz CT molecular complexity index is 731. The zero-order valence-corrected chi connectivity index (χ0v) is 13.5. The lowest BCUT2D eigenvalue weighted by Gasteiger charge is -2.20. The van der Waals surface area contributed by atoms with Crippen LogP contribution in [0.3, 0.4) is 0 Å². The van der Waals surface area contributed by atoms with Gasteiger partial charge in [-0.05, 0) is 22.1 Å². The lowest BCUT2D eigenvalue weighted by Crippen LogP contribution is -2.15. The largest absolute Gasteiger partial charge is 0.330 e. The van der Waals surface area contributed by atoms with E-state index in [0.717, 1.165) is 6.54 Å². The summed E-state index contributed by atoms with van der Waals surface area (Å²) in [4.78, 5) is 4.33. The van der Waals surface area contributed by atoms with E-state index < -0.39 is 0 Å². The van der Waals surface area contributed by atoms with Crippen molar-refractivity contribution in [1.82, 2.24) is 9.55 Å². The van der Waals surface area contributed by atoms with Crippen molar-refractivity contribution in [2.75, 3.05) is 0 Å². The minimum Gasteiger partial charge on any atom is -0.330 e. The van der Waals surface area contributed by atoms with Crippen LogP contribution in [0.4, 0.5) is 0 Å². The van der Waals surface area contributed by atoms with Crippen LogP contribution in [0.25, 0.3) is 22.4 Å². The predicted molar refractivity (Wildman–Crippen MR) is 92.6 cm³/mol. The van der Waals surface area contributed by atoms with Crippen LogP contribution in [-0.4, -0.2) is 9.55 Å². The van der Waals surface area contributed by atoms with Crippen LogP contribution >= 0.6 is 0 Å². The Morgan fingerprint density at radius 2 is 1.41 bits per heavy atom. The highest BCUT2D eigenvalue weighted by atomic mass is 15.0. The SMILES string of the molecule is CC(C)(C)Cn1cncc1-c1ccc(-c2ccccc2)cc1. The molecule has 22 heavy (non-hydrogen) atoms. The molecule has 0 aliphatic heterocycles. The van der Waals surface area contributed by atoms with Gasteiger partial charge in [0.05, 0.1) is 18.2 Å². The molecule has 0 saturated carbocycles. The summed E-state index contributed by atoms with van der Waals surface area (Å²) in [6, 6.07) is 19.2. The van der Waals surface area contributed by atoms with Crippen molar-refractivity contribution in [3.63, 3.8) is 0 Å². The van der Waals surface area contributed by atoms with Gasteiger partial charge in [0.25, 0.3) is 0 Å². The molecular formula is C20H22N2. The van der Waals surface area contributed by atoms with E-state index in [4.69, 9.17) is 0 Å². The molecule has 112 valence electrons. The van der Waals surface area contributed by atoms with E-state index in [1.54, 1.807) is 0 Å². The van der Waals surface area contributed by atoms with Crippen LogP contribution in [0.15, 0.2) is 67.1 Å². The van der Waals surface area contributed by atoms with Crippen molar-refractivity contribution in [2.24, 2.45) is 5.41 Å². The maximum atomic E-state index is 4.33. The molecule has 0 bridgehead atoms. The highest BCUT2D eigenvalue weighted by Crippen LogP contribution is 2.26. The molecule has 0 aliphatic carbocycles. The van der Waals surface area contributed by atoms with Gasteiger partial charge in [-0.1, -0.05) is 75.4 Å². The van der Waals surface area contributed by atoms with E-state index in [9.17, 15) is 0 Å². The molecule has 1 heterocycles. The van der Waals surface area contributed by atoms with Gasteiger partial charge in [-0.15, -0.1) is 0 Å². The molecule has 1 aromatic heterocycles. The predicted octanol–water partition coefficient (Wildman–Crippen LogP) is 5.26. The van der Waals surface area contributed by atoms with Gasteiger partial charge in [0.15, 0.2) is 0 Å². The lowest BCUT2D eigenvalue weighted by molar-refractivity contribution is 0.345. The van der Waals surface area contributed by atoms with Crippen molar-refractivity contribution in [2.45, 2.75) is 27.3 Å². The zero-order chi connectivity index (χ0) is 15.6. The third kappa shape index (κ3) is 3.28. The third-order valence-electron chi connectivity index (χ3n) is 3.64. The number of aromatic nitrogens is 2. The Labute approximate surface area is 132 Å². The molecule has 0 fully saturated rings. The normalized spacial score (nSPS) is 11.6. The summed E-state index contributed by atoms with van der Waals surface area (Å²) in [5, 5.41) is 0. The third-order valence-corrected chi connectivity index (χ3v) is 3.64. The molecule has 0 spiro atoms. The van der Waals surface area contributed by atoms with Crippen molar-refractivity contribution < 1.29 is 0 Å². The first-order valence-electron chi connectivity index (χ1n) is 7.69. The summed E-state index contributed by atoms with van der Waals surface area (Å²) in [7, 11) is 0. The van der Waals surface area contributed by atoms with Crippen LogP contribution in [0.5, 0.6) is 0 Å². The maximum Gasteiger partial charge on any atom is 0.0951 e. The van der Waals surface area contributed by atoms with Gasteiger partial charge in [-0.2, -0.15) is 0 Å². The monoisotopic (exact) mass is 290 g/mol. The van der Waals surface area contributed by atoms with Gasteiger partial charge in [0, 0.05) is 6.54 Å². The van der Waals surface area contributed by atoms with Crippen LogP contribution in [-0.2, 0) is 6.54 Å². The smallest absolute Gasteiger partial charge is 0.0951 e. The summed E-state index contributed by atoms with van der Waals surface area (Å²) < 4.78 is 2.23. The second kappa shape index (κ2) is 5.80. The van der Waals surface area contributed by atoms with Crippen LogP contribution in [0.1, 0.15) is 20.8 Å². The summed E-state index contributed by atoms with van der Waals surface area (Å²) >= 11 is 0. The van der Waals surface area contributed by atoms with Crippen molar-refractivity contribution >= 4 is 0 Å². The fraction of sp³-hybridized carbons (Fsp3) is 0.250. The standard InChI is InChI=1S/C20H22N2/c1-20(2,3)14-22-15-21-13-19(22)18-11-9-17(10-12-18)16-7-5-4-6-8-16/h4-13,15H,14H2,1-3H3. The Kier molecular flexibility index (Phi) is 3.84. The summed E-state index contributed by atoms with van der Waals surface area (Å²) in [6.07, 6.45) is 3.87. The molecular weight excluding hydrogens is 268 g/mol. The molecule has 0 unspecified atom stereocenters. The molecule has 0 atom stereocenters. The van der Waals surface area contributed by atoms with E-state index >= 15 is 0 Å². The first-order valence-corrected chi connectivity index (χ1v) is 7.69. The quantitative estimate of drug-likeness (QED) is 0.643. The van der Waals surface area contributed by atoms with Gasteiger partial charge < -0.3 is 4.57 Å². The van der Waals surface area contributed by atoms with Crippen LogP contribution < -0.4 is 0 Å². The number of hydrogen-bond acceptors (Lipinski definition) is 1. The van der Waals surface area contributed by atoms with Crippen molar-refractivity contribution in [3.8, 4) is 22.4 Å². The number of nitrogens with zero attached hydrogens (tertiary/aromatic N) is 2. The van der Waals surface area contributed by atoms with Gasteiger partial charge >= 0.3 is 0 Å². The molecule has 3 aromatic rings. The summed E-state index contributed by atoms with van der Waals surface area (Å²) in [5.41, 5.74) is 5.11. The average Bonchev–Trinajstić information content (AvgIpc) is 2.94. The van der Waals surface area contributed by atoms with Gasteiger partial charge in [0.1, 0.15) is 0 Å². The molecule has 0 N–H and O–H groups in total. The topological polar surface area (TPSA) is 17.8 Å². The molecule has 0 radical (unpaired) electrons. The first-order chi connectivity index (χ1) is 10.5. The Morgan fingerprint density at radius 3 is 2.05 bits per heavy atom. The second-order valence-electron chi connectivity index (χ2n) is 6.91. The molecule has 3 rings (SSSR count). The first kappa shape index (κ1) is 14.6. The minimum atomic E-state index is 0.236. The molecule has 0 aliphatic rings. The Balaban J connectivity index is 1.90. The number of imidazole rings is 1. The average molecular weight is 290 g/mol. The van der Waals surface area contributed by atoms with Gasteiger partial charge in [0.2, 0.25) is 0 Å². The fourth-order valence-electron chi connectivity index (χ4n) is 2.66. The zero-order valence-electron chi connectivity index (χ0n) is 13.5. The highest BCUT2D eigenvalue weighted by molar-refractivity contribution is 5.68. The van der Waals surface area contributed by atoms with Crippen molar-refractivity contribution in [3.05, 3.63) is 67.1 Å². The lowest BCUT2D eigenvalue weighted by atomic mass is 9.96. The van der Waals surface area contributed by atoms with E-state index in [-0.39, 0.29) is 5.41 Å². The Hall–Kier alpha value is -2.35. The molecule has 0 amide bonds. The van der Waals surface area contributed by atoms with Gasteiger partial charge in [-0.3, -0.25) is 0 Å². The summed E-state index contributed by atoms with van der Waals surface area (Å²) in [5.74, 6) is 0. The molecule has 2 nitrogen and oxygen atoms in total. The fourth-order valence-corrected chi connectivity index (χ4v) is 2.66. The molecule has 2 aromatic carbocycles. The van der Waals surface area contributed by atoms with Crippen LogP contribution in [0.2, 0.25) is 0 Å². The number of rotatable bonds is 3. The van der Waals surface area contributed by atoms with E-state index in [0.29, 0.717) is 0 Å². The second-order valence-corrected chi connectivity index (χ2v) is 6.91. The van der Waals surface area contributed by atoms with Gasteiger partial charge in [-0.25, -0.2) is 4.98 Å². The number of benzene rings is 2. The maximum absolute atomic E-state index is 4.33. The summed E-state index contributed by atoms with van der Waals surface area (Å²) in [6.45, 7) is 7.70. The minimum absolute atomic E-state index is 0.236. The van der Waals surface area contributed by atoms with Crippen molar-refractivity contribution in [1.29, 1.82) is 0 Å². The Morgan fingerprint density at radius 1 is 0.818 bits per heavy atom. The van der Waals surface area contributed by atoms with E-state index in [1.807, 2.05) is 18.6 Å². The number of hydrogen-bond donors (Lipinski definition) is 0.